The van der Waals surface area contributed by atoms with Crippen molar-refractivity contribution < 1.29 is 0 Å². The van der Waals surface area contributed by atoms with Crippen molar-refractivity contribution in [1.82, 2.24) is 4.98 Å². The molecule has 0 bridgehead atoms. The van der Waals surface area contributed by atoms with E-state index < -0.39 is 0 Å². The summed E-state index contributed by atoms with van der Waals surface area (Å²) in [7, 11) is 0. The summed E-state index contributed by atoms with van der Waals surface area (Å²) in [4.78, 5) is 5.16. The highest BCUT2D eigenvalue weighted by Crippen LogP contribution is 2.33. The van der Waals surface area contributed by atoms with Gasteiger partial charge in [0.1, 0.15) is 0 Å². The van der Waals surface area contributed by atoms with Crippen LogP contribution in [0.15, 0.2) is 140 Å². The lowest BCUT2D eigenvalue weighted by Crippen LogP contribution is -1.92. The largest absolute Gasteiger partial charge is 0.248 e. The molecule has 0 saturated carbocycles. The first-order chi connectivity index (χ1) is 18.6. The van der Waals surface area contributed by atoms with Crippen LogP contribution < -0.4 is 0 Å². The van der Waals surface area contributed by atoms with Gasteiger partial charge in [-0.25, -0.2) is 4.98 Å². The number of pyridine rings is 1. The molecule has 1 nitrogen and oxygen atoms in total. The van der Waals surface area contributed by atoms with Gasteiger partial charge in [-0.3, -0.25) is 0 Å². The quantitative estimate of drug-likeness (QED) is 0.236. The average Bonchev–Trinajstić information content (AvgIpc) is 2.97. The molecule has 1 heteroatoms. The lowest BCUT2D eigenvalue weighted by atomic mass is 9.96. The third kappa shape index (κ3) is 5.05. The number of hydrogen-bond donors (Lipinski definition) is 0. The molecule has 0 unspecified atom stereocenters. The van der Waals surface area contributed by atoms with E-state index in [0.29, 0.717) is 0 Å². The van der Waals surface area contributed by atoms with Crippen molar-refractivity contribution in [3.8, 4) is 55.9 Å². The van der Waals surface area contributed by atoms with Crippen LogP contribution in [0, 0.1) is 13.8 Å². The van der Waals surface area contributed by atoms with Crippen molar-refractivity contribution in [2.45, 2.75) is 13.8 Å². The van der Waals surface area contributed by atoms with Crippen LogP contribution in [0.25, 0.3) is 55.9 Å². The van der Waals surface area contributed by atoms with Gasteiger partial charge in [0.2, 0.25) is 0 Å². The Morgan fingerprint density at radius 3 is 1.34 bits per heavy atom. The summed E-state index contributed by atoms with van der Waals surface area (Å²) >= 11 is 0. The Kier molecular flexibility index (Phi) is 6.42. The molecule has 5 aromatic carbocycles. The van der Waals surface area contributed by atoms with Crippen LogP contribution in [0.2, 0.25) is 0 Å². The number of rotatable bonds is 5. The normalized spacial score (nSPS) is 10.9. The molecule has 0 spiro atoms. The van der Waals surface area contributed by atoms with Crippen LogP contribution in [0.5, 0.6) is 0 Å². The molecule has 0 amide bonds. The van der Waals surface area contributed by atoms with Gasteiger partial charge in [-0.05, 0) is 71.5 Å². The minimum atomic E-state index is 0.973. The van der Waals surface area contributed by atoms with E-state index in [1.807, 2.05) is 0 Å². The lowest BCUT2D eigenvalue weighted by Gasteiger charge is -2.12. The van der Waals surface area contributed by atoms with Gasteiger partial charge in [-0.15, -0.1) is 0 Å². The zero-order chi connectivity index (χ0) is 25.9. The average molecular weight is 488 g/mol. The number of aryl methyl sites for hydroxylation is 2. The van der Waals surface area contributed by atoms with Gasteiger partial charge in [0, 0.05) is 11.1 Å². The monoisotopic (exact) mass is 487 g/mol. The third-order valence-corrected chi connectivity index (χ3v) is 6.97. The first kappa shape index (κ1) is 23.6. The van der Waals surface area contributed by atoms with Gasteiger partial charge in [0.25, 0.3) is 0 Å². The van der Waals surface area contributed by atoms with Crippen molar-refractivity contribution in [3.63, 3.8) is 0 Å². The highest BCUT2D eigenvalue weighted by atomic mass is 14.7. The summed E-state index contributed by atoms with van der Waals surface area (Å²) < 4.78 is 0. The third-order valence-electron chi connectivity index (χ3n) is 6.97. The first-order valence-electron chi connectivity index (χ1n) is 13.0. The Hall–Kier alpha value is -4.75. The van der Waals surface area contributed by atoms with Gasteiger partial charge in [0.15, 0.2) is 0 Å². The number of benzene rings is 5. The van der Waals surface area contributed by atoms with E-state index in [0.717, 1.165) is 28.1 Å². The second-order valence-electron chi connectivity index (χ2n) is 9.89. The Labute approximate surface area is 225 Å². The fourth-order valence-electron chi connectivity index (χ4n) is 4.97. The smallest absolute Gasteiger partial charge is 0.0715 e. The molecular formula is C37H29N. The fraction of sp³-hybridized carbons (Fsp3) is 0.0541. The molecule has 6 rings (SSSR count). The molecule has 0 atom stereocenters. The van der Waals surface area contributed by atoms with Crippen LogP contribution in [0.4, 0.5) is 0 Å². The number of hydrogen-bond acceptors (Lipinski definition) is 1. The molecule has 1 aromatic heterocycles. The van der Waals surface area contributed by atoms with Crippen LogP contribution in [0.3, 0.4) is 0 Å². The molecule has 0 N–H and O–H groups in total. The summed E-state index contributed by atoms with van der Waals surface area (Å²) in [5.41, 5.74) is 13.9. The van der Waals surface area contributed by atoms with Crippen LogP contribution in [-0.4, -0.2) is 4.98 Å². The molecule has 38 heavy (non-hydrogen) atoms. The maximum Gasteiger partial charge on any atom is 0.0715 e. The predicted molar refractivity (Wildman–Crippen MR) is 161 cm³/mol. The Bertz CT molecular complexity index is 1710. The topological polar surface area (TPSA) is 12.9 Å². The molecule has 0 aliphatic heterocycles. The molecule has 6 aromatic rings. The van der Waals surface area contributed by atoms with Crippen LogP contribution in [0.1, 0.15) is 11.1 Å². The standard InChI is InChI=1S/C37H29N/c1-26-9-6-13-31(21-26)32-14-8-16-34(23-32)37-25-35(24-36(38-37)33-15-7-10-27(2)22-33)30-19-17-29(18-20-30)28-11-4-3-5-12-28/h3-25H,1-2H3. The van der Waals surface area contributed by atoms with E-state index in [2.05, 4.69) is 153 Å². The van der Waals surface area contributed by atoms with Crippen molar-refractivity contribution >= 4 is 0 Å². The van der Waals surface area contributed by atoms with Crippen molar-refractivity contribution in [2.24, 2.45) is 0 Å². The zero-order valence-corrected chi connectivity index (χ0v) is 21.7. The van der Waals surface area contributed by atoms with Gasteiger partial charge in [0.05, 0.1) is 11.4 Å². The molecule has 0 radical (unpaired) electrons. The van der Waals surface area contributed by atoms with Gasteiger partial charge >= 0.3 is 0 Å². The molecule has 0 saturated heterocycles. The summed E-state index contributed by atoms with van der Waals surface area (Å²) in [6, 6.07) is 49.7. The van der Waals surface area contributed by atoms with Gasteiger partial charge in [-0.1, -0.05) is 126 Å². The summed E-state index contributed by atoms with van der Waals surface area (Å²) in [6.45, 7) is 4.26. The van der Waals surface area contributed by atoms with Crippen molar-refractivity contribution in [2.75, 3.05) is 0 Å². The summed E-state index contributed by atoms with van der Waals surface area (Å²) in [6.07, 6.45) is 0. The second kappa shape index (κ2) is 10.3. The van der Waals surface area contributed by atoms with E-state index >= 15 is 0 Å². The Morgan fingerprint density at radius 1 is 0.316 bits per heavy atom. The number of aromatic nitrogens is 1. The molecule has 0 aliphatic rings. The van der Waals surface area contributed by atoms with Crippen molar-refractivity contribution in [3.05, 3.63) is 151 Å². The highest BCUT2D eigenvalue weighted by molar-refractivity contribution is 5.80. The summed E-state index contributed by atoms with van der Waals surface area (Å²) in [5.74, 6) is 0. The molecule has 1 heterocycles. The minimum Gasteiger partial charge on any atom is -0.248 e. The fourth-order valence-corrected chi connectivity index (χ4v) is 4.97. The van der Waals surface area contributed by atoms with E-state index in [-0.39, 0.29) is 0 Å². The van der Waals surface area contributed by atoms with E-state index in [1.165, 1.54) is 38.9 Å². The molecular weight excluding hydrogens is 458 g/mol. The van der Waals surface area contributed by atoms with Crippen LogP contribution >= 0.6 is 0 Å². The van der Waals surface area contributed by atoms with Gasteiger partial charge in [-0.2, -0.15) is 0 Å². The summed E-state index contributed by atoms with van der Waals surface area (Å²) in [5, 5.41) is 0. The van der Waals surface area contributed by atoms with Crippen LogP contribution in [-0.2, 0) is 0 Å². The molecule has 182 valence electrons. The van der Waals surface area contributed by atoms with E-state index in [4.69, 9.17) is 4.98 Å². The maximum atomic E-state index is 5.16. The van der Waals surface area contributed by atoms with E-state index in [9.17, 15) is 0 Å². The molecule has 0 aliphatic carbocycles. The lowest BCUT2D eigenvalue weighted by molar-refractivity contribution is 1.31. The SMILES string of the molecule is Cc1cccc(-c2cccc(-c3cc(-c4ccc(-c5ccccc5)cc4)cc(-c4cccc(C)c4)n3)c2)c1. The predicted octanol–water partition coefficient (Wildman–Crippen LogP) is 10.0. The van der Waals surface area contributed by atoms with E-state index in [1.54, 1.807) is 0 Å². The maximum absolute atomic E-state index is 5.16. The zero-order valence-electron chi connectivity index (χ0n) is 21.7. The Balaban J connectivity index is 1.46. The number of nitrogens with zero attached hydrogens (tertiary/aromatic N) is 1. The first-order valence-corrected chi connectivity index (χ1v) is 13.0. The highest BCUT2D eigenvalue weighted by Gasteiger charge is 2.11. The van der Waals surface area contributed by atoms with Crippen molar-refractivity contribution in [1.29, 1.82) is 0 Å². The van der Waals surface area contributed by atoms with Gasteiger partial charge < -0.3 is 0 Å². The second-order valence-corrected chi connectivity index (χ2v) is 9.89. The Morgan fingerprint density at radius 2 is 0.737 bits per heavy atom. The minimum absolute atomic E-state index is 0.973. The molecule has 0 fully saturated rings.